The lowest BCUT2D eigenvalue weighted by atomic mass is 9.80. The van der Waals surface area contributed by atoms with Gasteiger partial charge in [-0.2, -0.15) is 0 Å². The van der Waals surface area contributed by atoms with E-state index < -0.39 is 29.7 Å². The largest absolute Gasteiger partial charge is 0.404 e. The highest BCUT2D eigenvalue weighted by molar-refractivity contribution is 6.23. The Morgan fingerprint density at radius 2 is 1.81 bits per heavy atom. The van der Waals surface area contributed by atoms with Gasteiger partial charge >= 0.3 is 0 Å². The van der Waals surface area contributed by atoms with Crippen LogP contribution in [0, 0.1) is 5.92 Å². The number of fused-ring (bicyclic) bond motifs is 2. The number of likely N-dealkylation sites (N-methyl/N-ethyl adjacent to an activating group) is 1. The highest BCUT2D eigenvalue weighted by atomic mass is 16.2. The van der Waals surface area contributed by atoms with E-state index in [-0.39, 0.29) is 30.0 Å². The SMILES string of the molecule is CN1CCN(c2ccc3ncc(C(C=NC4CC(CNc5ccc6c(c5)C(=O)N(C5CCC(=O)NC5=O)C6=O)C4)=CN)nc3c2)CC1. The van der Waals surface area contributed by atoms with E-state index in [2.05, 4.69) is 44.6 Å². The van der Waals surface area contributed by atoms with Gasteiger partial charge < -0.3 is 20.9 Å². The van der Waals surface area contributed by atoms with Crippen LogP contribution in [0.4, 0.5) is 11.4 Å². The molecule has 1 aromatic heterocycles. The third-order valence-corrected chi connectivity index (χ3v) is 9.54. The number of nitrogens with zero attached hydrogens (tertiary/aromatic N) is 6. The molecule has 4 heterocycles. The lowest BCUT2D eigenvalue weighted by Gasteiger charge is -2.34. The number of carbonyl (C=O) groups excluding carboxylic acids is 4. The maximum Gasteiger partial charge on any atom is 0.262 e. The van der Waals surface area contributed by atoms with Crippen LogP contribution in [0.1, 0.15) is 52.1 Å². The number of aliphatic imine (C=N–C) groups is 1. The van der Waals surface area contributed by atoms with Crippen molar-refractivity contribution >= 4 is 57.8 Å². The molecule has 3 fully saturated rings. The topological polar surface area (TPSA) is 166 Å². The number of piperidine rings is 1. The number of benzene rings is 2. The van der Waals surface area contributed by atoms with E-state index in [0.29, 0.717) is 18.2 Å². The summed E-state index contributed by atoms with van der Waals surface area (Å²) in [7, 11) is 2.14. The fourth-order valence-corrected chi connectivity index (χ4v) is 6.61. The highest BCUT2D eigenvalue weighted by Gasteiger charge is 2.44. The number of anilines is 2. The van der Waals surface area contributed by atoms with Crippen molar-refractivity contribution < 1.29 is 19.2 Å². The van der Waals surface area contributed by atoms with Crippen molar-refractivity contribution in [2.24, 2.45) is 16.6 Å². The molecule has 4 N–H and O–H groups in total. The van der Waals surface area contributed by atoms with E-state index in [9.17, 15) is 19.2 Å². The van der Waals surface area contributed by atoms with E-state index >= 15 is 0 Å². The van der Waals surface area contributed by atoms with Crippen molar-refractivity contribution in [2.75, 3.05) is 50.0 Å². The van der Waals surface area contributed by atoms with E-state index in [1.165, 1.54) is 6.20 Å². The fourth-order valence-electron chi connectivity index (χ4n) is 6.61. The number of nitrogens with two attached hydrogens (primary N) is 1. The van der Waals surface area contributed by atoms with E-state index in [4.69, 9.17) is 15.7 Å². The number of aromatic nitrogens is 2. The fraction of sp³-hybridized carbons (Fsp3) is 0.382. The first-order valence-electron chi connectivity index (χ1n) is 16.0. The Hall–Kier alpha value is -5.17. The minimum absolute atomic E-state index is 0.0859. The van der Waals surface area contributed by atoms with Gasteiger partial charge in [0.25, 0.3) is 11.8 Å². The maximum atomic E-state index is 13.1. The average molecular weight is 636 g/mol. The van der Waals surface area contributed by atoms with Crippen LogP contribution >= 0.6 is 0 Å². The molecule has 3 aliphatic heterocycles. The summed E-state index contributed by atoms with van der Waals surface area (Å²) in [6, 6.07) is 10.4. The summed E-state index contributed by atoms with van der Waals surface area (Å²) in [5, 5.41) is 5.59. The zero-order valence-electron chi connectivity index (χ0n) is 26.2. The van der Waals surface area contributed by atoms with Gasteiger partial charge in [-0.05, 0) is 68.6 Å². The predicted octanol–water partition coefficient (Wildman–Crippen LogP) is 2.04. The van der Waals surface area contributed by atoms with Crippen molar-refractivity contribution in [3.63, 3.8) is 0 Å². The number of nitrogens with one attached hydrogen (secondary N) is 2. The molecule has 13 heteroatoms. The van der Waals surface area contributed by atoms with E-state index in [1.54, 1.807) is 30.6 Å². The van der Waals surface area contributed by atoms with Gasteiger partial charge in [-0.1, -0.05) is 0 Å². The summed E-state index contributed by atoms with van der Waals surface area (Å²) < 4.78 is 0. The summed E-state index contributed by atoms with van der Waals surface area (Å²) in [5.74, 6) is -1.66. The molecule has 0 bridgehead atoms. The molecule has 0 radical (unpaired) electrons. The van der Waals surface area contributed by atoms with Crippen LogP contribution in [0.2, 0.25) is 0 Å². The van der Waals surface area contributed by atoms with Crippen LogP contribution in [-0.4, -0.2) is 101 Å². The standard InChI is InChI=1S/C34H37N9O4/c1-41-8-10-42(11-9-41)24-3-5-27-28(15-24)39-29(19-38-27)21(16-35)18-37-23-12-20(13-23)17-36-22-2-4-25-26(14-22)34(47)43(33(25)46)30-6-7-31(44)40-32(30)45/h2-5,14-16,18-20,23,30,36H,6-13,17,35H2,1H3,(H,40,44,45). The van der Waals surface area contributed by atoms with Gasteiger partial charge in [0.2, 0.25) is 11.8 Å². The second kappa shape index (κ2) is 12.6. The number of rotatable bonds is 8. The number of hydrogen-bond acceptors (Lipinski definition) is 11. The van der Waals surface area contributed by atoms with Gasteiger partial charge in [0, 0.05) is 68.5 Å². The molecule has 3 aromatic rings. The van der Waals surface area contributed by atoms with Crippen molar-refractivity contribution in [1.82, 2.24) is 25.1 Å². The Morgan fingerprint density at radius 3 is 2.57 bits per heavy atom. The van der Waals surface area contributed by atoms with Gasteiger partial charge in [0.15, 0.2) is 0 Å². The lowest BCUT2D eigenvalue weighted by Crippen LogP contribution is -2.54. The van der Waals surface area contributed by atoms with Crippen LogP contribution < -0.4 is 21.3 Å². The molecule has 242 valence electrons. The monoisotopic (exact) mass is 635 g/mol. The summed E-state index contributed by atoms with van der Waals surface area (Å²) in [6.45, 7) is 4.71. The van der Waals surface area contributed by atoms with Crippen LogP contribution in [0.5, 0.6) is 0 Å². The smallest absolute Gasteiger partial charge is 0.262 e. The minimum atomic E-state index is -0.980. The quantitative estimate of drug-likeness (QED) is 0.246. The van der Waals surface area contributed by atoms with Crippen molar-refractivity contribution in [2.45, 2.75) is 37.8 Å². The molecule has 0 spiro atoms. The van der Waals surface area contributed by atoms with E-state index in [1.807, 2.05) is 6.07 Å². The molecule has 1 atom stereocenters. The van der Waals surface area contributed by atoms with Crippen LogP contribution in [-0.2, 0) is 9.59 Å². The number of piperazine rings is 1. The Labute approximate surface area is 271 Å². The molecular weight excluding hydrogens is 598 g/mol. The zero-order valence-corrected chi connectivity index (χ0v) is 26.2. The zero-order chi connectivity index (χ0) is 32.7. The van der Waals surface area contributed by atoms with Gasteiger partial charge in [-0.3, -0.25) is 39.4 Å². The van der Waals surface area contributed by atoms with Crippen molar-refractivity contribution in [3.05, 3.63) is 65.6 Å². The van der Waals surface area contributed by atoms with Crippen molar-refractivity contribution in [3.8, 4) is 0 Å². The van der Waals surface area contributed by atoms with Crippen molar-refractivity contribution in [1.29, 1.82) is 0 Å². The molecule has 7 rings (SSSR count). The molecule has 13 nitrogen and oxygen atoms in total. The van der Waals surface area contributed by atoms with Gasteiger partial charge in [0.1, 0.15) is 6.04 Å². The predicted molar refractivity (Wildman–Crippen MR) is 178 cm³/mol. The molecule has 4 aliphatic rings. The van der Waals surface area contributed by atoms with Crippen LogP contribution in [0.25, 0.3) is 16.6 Å². The van der Waals surface area contributed by atoms with Gasteiger partial charge in [-0.15, -0.1) is 0 Å². The second-order valence-corrected chi connectivity index (χ2v) is 12.7. The van der Waals surface area contributed by atoms with Crippen LogP contribution in [0.3, 0.4) is 0 Å². The highest BCUT2D eigenvalue weighted by Crippen LogP contribution is 2.33. The summed E-state index contributed by atoms with van der Waals surface area (Å²) in [5.41, 5.74) is 11.4. The molecule has 1 aliphatic carbocycles. The summed E-state index contributed by atoms with van der Waals surface area (Å²) >= 11 is 0. The first kappa shape index (κ1) is 30.5. The van der Waals surface area contributed by atoms with E-state index in [0.717, 1.165) is 71.9 Å². The number of carbonyl (C=O) groups is 4. The normalized spacial score (nSPS) is 23.8. The number of amides is 4. The molecule has 1 saturated carbocycles. The molecule has 2 aromatic carbocycles. The summed E-state index contributed by atoms with van der Waals surface area (Å²) in [4.78, 5) is 69.8. The molecule has 2 saturated heterocycles. The molecular formula is C34H37N9O4. The number of hydrogen-bond donors (Lipinski definition) is 3. The third kappa shape index (κ3) is 6.06. The Kier molecular flexibility index (Phi) is 8.14. The minimum Gasteiger partial charge on any atom is -0.404 e. The van der Waals surface area contributed by atoms with Crippen LogP contribution in [0.15, 0.2) is 53.8 Å². The van der Waals surface area contributed by atoms with Gasteiger partial charge in [-0.25, -0.2) is 4.98 Å². The Balaban J connectivity index is 0.930. The van der Waals surface area contributed by atoms with Gasteiger partial charge in [0.05, 0.1) is 40.1 Å². The Bertz CT molecular complexity index is 1830. The second-order valence-electron chi connectivity index (χ2n) is 12.7. The third-order valence-electron chi connectivity index (χ3n) is 9.54. The molecule has 47 heavy (non-hydrogen) atoms. The number of allylic oxidation sites excluding steroid dienone is 1. The number of imide groups is 2. The lowest BCUT2D eigenvalue weighted by molar-refractivity contribution is -0.136. The summed E-state index contributed by atoms with van der Waals surface area (Å²) in [6.07, 6.45) is 7.03. The molecule has 4 amide bonds. The first-order chi connectivity index (χ1) is 22.8. The first-order valence-corrected chi connectivity index (χ1v) is 16.0. The molecule has 1 unspecified atom stereocenters. The Morgan fingerprint density at radius 1 is 1.02 bits per heavy atom. The maximum absolute atomic E-state index is 13.1. The average Bonchev–Trinajstić information content (AvgIpc) is 3.30.